The van der Waals surface area contributed by atoms with Gasteiger partial charge in [-0.2, -0.15) is 0 Å². The van der Waals surface area contributed by atoms with Gasteiger partial charge in [0, 0.05) is 23.1 Å². The molecule has 3 aromatic rings. The fourth-order valence-electron chi connectivity index (χ4n) is 2.36. The molecule has 1 N–H and O–H groups in total. The molecule has 1 aromatic heterocycles. The summed E-state index contributed by atoms with van der Waals surface area (Å²) in [5.74, 6) is 0.0722. The van der Waals surface area contributed by atoms with E-state index < -0.39 is 0 Å². The number of para-hydroxylation sites is 1. The number of nitrogens with zero attached hydrogens (tertiary/aromatic N) is 2. The van der Waals surface area contributed by atoms with Gasteiger partial charge < -0.3 is 15.0 Å². The number of rotatable bonds is 7. The Labute approximate surface area is 171 Å². The molecule has 0 saturated carbocycles. The number of halogens is 1. The summed E-state index contributed by atoms with van der Waals surface area (Å²) in [5.41, 5.74) is 0.971. The summed E-state index contributed by atoms with van der Waals surface area (Å²) in [4.78, 5) is 30.2. The molecule has 3 rings (SSSR count). The van der Waals surface area contributed by atoms with Gasteiger partial charge in [-0.1, -0.05) is 29.8 Å². The van der Waals surface area contributed by atoms with Crippen LogP contribution in [0.15, 0.2) is 60.0 Å². The summed E-state index contributed by atoms with van der Waals surface area (Å²) in [6.07, 6.45) is 0. The average molecular weight is 416 g/mol. The molecular formula is C20H18ClN3O3S. The molecule has 0 saturated heterocycles. The van der Waals surface area contributed by atoms with Crippen molar-refractivity contribution in [2.45, 2.75) is 6.61 Å². The van der Waals surface area contributed by atoms with Crippen molar-refractivity contribution in [1.29, 1.82) is 0 Å². The molecule has 2 aromatic carbocycles. The molecule has 0 unspecified atom stereocenters. The van der Waals surface area contributed by atoms with E-state index in [1.807, 2.05) is 18.2 Å². The Hall–Kier alpha value is -2.90. The van der Waals surface area contributed by atoms with Crippen LogP contribution in [0.4, 0.5) is 5.69 Å². The number of ether oxygens (including phenoxy) is 1. The van der Waals surface area contributed by atoms with Gasteiger partial charge in [-0.3, -0.25) is 9.59 Å². The maximum absolute atomic E-state index is 12.5. The van der Waals surface area contributed by atoms with E-state index in [2.05, 4.69) is 10.3 Å². The zero-order chi connectivity index (χ0) is 19.9. The molecule has 0 radical (unpaired) electrons. The minimum atomic E-state index is -0.322. The standard InChI is InChI=1S/C20H18ClN3O3S/c1-24(11-18(25)22-15-5-3-2-4-6-15)20(26)17-13-28-19(23-17)12-27-16-9-7-14(21)8-10-16/h2-10,13H,11-12H2,1H3,(H,22,25). The fraction of sp³-hybridized carbons (Fsp3) is 0.150. The second-order valence-corrected chi connectivity index (χ2v) is 7.32. The van der Waals surface area contributed by atoms with Crippen molar-refractivity contribution in [1.82, 2.24) is 9.88 Å². The third kappa shape index (κ3) is 5.55. The van der Waals surface area contributed by atoms with Crippen molar-refractivity contribution < 1.29 is 14.3 Å². The molecule has 28 heavy (non-hydrogen) atoms. The number of benzene rings is 2. The van der Waals surface area contributed by atoms with Gasteiger partial charge in [-0.15, -0.1) is 11.3 Å². The normalized spacial score (nSPS) is 10.4. The Kier molecular flexibility index (Phi) is 6.62. The van der Waals surface area contributed by atoms with Crippen LogP contribution >= 0.6 is 22.9 Å². The van der Waals surface area contributed by atoms with Crippen LogP contribution in [0, 0.1) is 0 Å². The molecule has 2 amide bonds. The van der Waals surface area contributed by atoms with Crippen molar-refractivity contribution in [2.75, 3.05) is 18.9 Å². The predicted molar refractivity (Wildman–Crippen MR) is 110 cm³/mol. The first-order chi connectivity index (χ1) is 13.5. The summed E-state index contributed by atoms with van der Waals surface area (Å²) in [7, 11) is 1.57. The summed E-state index contributed by atoms with van der Waals surface area (Å²) >= 11 is 7.17. The van der Waals surface area contributed by atoms with E-state index in [9.17, 15) is 9.59 Å². The van der Waals surface area contributed by atoms with Gasteiger partial charge in [-0.25, -0.2) is 4.98 Å². The van der Waals surface area contributed by atoms with Crippen molar-refractivity contribution >= 4 is 40.4 Å². The second-order valence-electron chi connectivity index (χ2n) is 5.94. The molecule has 0 atom stereocenters. The highest BCUT2D eigenvalue weighted by Gasteiger charge is 2.18. The number of thiazole rings is 1. The van der Waals surface area contributed by atoms with Gasteiger partial charge in [0.2, 0.25) is 5.91 Å². The molecule has 0 spiro atoms. The van der Waals surface area contributed by atoms with Crippen molar-refractivity contribution in [2.24, 2.45) is 0 Å². The highest BCUT2D eigenvalue weighted by atomic mass is 35.5. The first-order valence-corrected chi connectivity index (χ1v) is 9.70. The number of nitrogens with one attached hydrogen (secondary N) is 1. The number of likely N-dealkylation sites (N-methyl/N-ethyl adjacent to an activating group) is 1. The third-order valence-corrected chi connectivity index (χ3v) is 4.81. The van der Waals surface area contributed by atoms with Crippen molar-refractivity contribution in [3.63, 3.8) is 0 Å². The van der Waals surface area contributed by atoms with Crippen molar-refractivity contribution in [3.05, 3.63) is 75.7 Å². The number of amides is 2. The lowest BCUT2D eigenvalue weighted by Gasteiger charge is -2.15. The quantitative estimate of drug-likeness (QED) is 0.631. The van der Waals surface area contributed by atoms with Crippen LogP contribution in [0.1, 0.15) is 15.5 Å². The first-order valence-electron chi connectivity index (χ1n) is 8.44. The topological polar surface area (TPSA) is 71.5 Å². The Morgan fingerprint density at radius 2 is 1.86 bits per heavy atom. The van der Waals surface area contributed by atoms with Gasteiger partial charge in [-0.05, 0) is 36.4 Å². The highest BCUT2D eigenvalue weighted by Crippen LogP contribution is 2.18. The smallest absolute Gasteiger partial charge is 0.273 e. The van der Waals surface area contributed by atoms with Gasteiger partial charge in [0.25, 0.3) is 5.91 Å². The van der Waals surface area contributed by atoms with Crippen LogP contribution in [0.25, 0.3) is 0 Å². The third-order valence-electron chi connectivity index (χ3n) is 3.73. The number of aromatic nitrogens is 1. The molecular weight excluding hydrogens is 398 g/mol. The van der Waals surface area contributed by atoms with Crippen LogP contribution in [-0.2, 0) is 11.4 Å². The average Bonchev–Trinajstić information content (AvgIpc) is 3.16. The number of carbonyl (C=O) groups is 2. The van der Waals surface area contributed by atoms with Gasteiger partial charge in [0.05, 0.1) is 6.54 Å². The van der Waals surface area contributed by atoms with E-state index in [4.69, 9.17) is 16.3 Å². The minimum Gasteiger partial charge on any atom is -0.486 e. The Bertz CT molecular complexity index is 945. The molecule has 0 bridgehead atoms. The minimum absolute atomic E-state index is 0.0676. The zero-order valence-electron chi connectivity index (χ0n) is 15.1. The van der Waals surface area contributed by atoms with E-state index in [1.54, 1.807) is 48.8 Å². The molecule has 0 fully saturated rings. The second kappa shape index (κ2) is 9.34. The predicted octanol–water partition coefficient (Wildman–Crippen LogP) is 4.09. The van der Waals surface area contributed by atoms with Gasteiger partial charge in [0.15, 0.2) is 0 Å². The summed E-state index contributed by atoms with van der Waals surface area (Å²) in [6.45, 7) is 0.180. The lowest BCUT2D eigenvalue weighted by Crippen LogP contribution is -2.35. The number of anilines is 1. The Balaban J connectivity index is 1.52. The summed E-state index contributed by atoms with van der Waals surface area (Å²) in [5, 5.41) is 5.71. The van der Waals surface area contributed by atoms with Crippen LogP contribution < -0.4 is 10.1 Å². The van der Waals surface area contributed by atoms with Crippen LogP contribution in [0.2, 0.25) is 5.02 Å². The monoisotopic (exact) mass is 415 g/mol. The van der Waals surface area contributed by atoms with E-state index >= 15 is 0 Å². The molecule has 1 heterocycles. The van der Waals surface area contributed by atoms with Crippen LogP contribution in [0.3, 0.4) is 0 Å². The molecule has 144 valence electrons. The number of carbonyl (C=O) groups excluding carboxylic acids is 2. The Morgan fingerprint density at radius 1 is 1.14 bits per heavy atom. The van der Waals surface area contributed by atoms with E-state index in [0.29, 0.717) is 21.5 Å². The van der Waals surface area contributed by atoms with Crippen LogP contribution in [-0.4, -0.2) is 35.3 Å². The van der Waals surface area contributed by atoms with E-state index in [-0.39, 0.29) is 30.7 Å². The molecule has 6 nitrogen and oxygen atoms in total. The van der Waals surface area contributed by atoms with Crippen molar-refractivity contribution in [3.8, 4) is 5.75 Å². The Morgan fingerprint density at radius 3 is 2.57 bits per heavy atom. The maximum Gasteiger partial charge on any atom is 0.273 e. The lowest BCUT2D eigenvalue weighted by molar-refractivity contribution is -0.116. The van der Waals surface area contributed by atoms with Gasteiger partial charge >= 0.3 is 0 Å². The van der Waals surface area contributed by atoms with E-state index in [0.717, 1.165) is 0 Å². The lowest BCUT2D eigenvalue weighted by atomic mass is 10.3. The van der Waals surface area contributed by atoms with Crippen LogP contribution in [0.5, 0.6) is 5.75 Å². The maximum atomic E-state index is 12.5. The largest absolute Gasteiger partial charge is 0.486 e. The highest BCUT2D eigenvalue weighted by molar-refractivity contribution is 7.09. The van der Waals surface area contributed by atoms with Gasteiger partial charge in [0.1, 0.15) is 23.1 Å². The molecule has 0 aliphatic carbocycles. The molecule has 0 aliphatic rings. The fourth-order valence-corrected chi connectivity index (χ4v) is 3.16. The van der Waals surface area contributed by atoms with E-state index in [1.165, 1.54) is 16.2 Å². The molecule has 8 heteroatoms. The summed E-state index contributed by atoms with van der Waals surface area (Å²) in [6, 6.07) is 16.1. The number of hydrogen-bond acceptors (Lipinski definition) is 5. The zero-order valence-corrected chi connectivity index (χ0v) is 16.7. The first kappa shape index (κ1) is 19.9. The SMILES string of the molecule is CN(CC(=O)Nc1ccccc1)C(=O)c1csc(COc2ccc(Cl)cc2)n1. The molecule has 0 aliphatic heterocycles. The number of hydrogen-bond donors (Lipinski definition) is 1. The summed E-state index contributed by atoms with van der Waals surface area (Å²) < 4.78 is 5.63.